The largest absolute Gasteiger partial charge is 0.337 e. The zero-order chi connectivity index (χ0) is 18.8. The predicted molar refractivity (Wildman–Crippen MR) is 106 cm³/mol. The summed E-state index contributed by atoms with van der Waals surface area (Å²) in [5, 5.41) is 3.88. The van der Waals surface area contributed by atoms with Crippen LogP contribution >= 0.6 is 0 Å². The Bertz CT molecular complexity index is 979. The monoisotopic (exact) mass is 348 g/mol. The van der Waals surface area contributed by atoms with E-state index in [4.69, 9.17) is 0 Å². The summed E-state index contributed by atoms with van der Waals surface area (Å²) in [6.07, 6.45) is 2.64. The van der Waals surface area contributed by atoms with E-state index in [1.807, 2.05) is 48.7 Å². The average Bonchev–Trinajstić information content (AvgIpc) is 2.92. The fourth-order valence-corrected chi connectivity index (χ4v) is 3.53. The molecule has 0 saturated heterocycles. The number of fused-ring (bicyclic) bond motifs is 1. The number of aromatic nitrogens is 1. The van der Waals surface area contributed by atoms with Gasteiger partial charge in [0.25, 0.3) is 0 Å². The molecule has 1 heterocycles. The number of nitrogens with zero attached hydrogens (tertiary/aromatic N) is 1. The zero-order valence-electron chi connectivity index (χ0n) is 15.7. The van der Waals surface area contributed by atoms with Gasteiger partial charge >= 0.3 is 0 Å². The van der Waals surface area contributed by atoms with Crippen LogP contribution in [-0.4, -0.2) is 16.3 Å². The van der Waals surface area contributed by atoms with E-state index >= 15 is 0 Å². The molecule has 1 N–H and O–H groups in total. The summed E-state index contributed by atoms with van der Waals surface area (Å²) < 4.78 is 1.89. The number of ketones is 1. The minimum atomic E-state index is -0.104. The molecule has 0 bridgehead atoms. The van der Waals surface area contributed by atoms with Crippen LogP contribution in [0.3, 0.4) is 0 Å². The number of para-hydroxylation sites is 1. The first-order chi connectivity index (χ1) is 12.4. The molecular formula is C22H24N2O2. The number of amides is 1. The van der Waals surface area contributed by atoms with Crippen molar-refractivity contribution in [2.45, 2.75) is 40.7 Å². The Morgan fingerprint density at radius 3 is 2.38 bits per heavy atom. The van der Waals surface area contributed by atoms with E-state index in [0.29, 0.717) is 5.56 Å². The maximum atomic E-state index is 12.6. The van der Waals surface area contributed by atoms with Crippen LogP contribution in [0.5, 0.6) is 0 Å². The fraction of sp³-hybridized carbons (Fsp3) is 0.273. The molecular weight excluding hydrogens is 324 g/mol. The second-order valence-electron chi connectivity index (χ2n) is 6.82. The maximum absolute atomic E-state index is 12.6. The van der Waals surface area contributed by atoms with E-state index in [1.165, 1.54) is 0 Å². The lowest BCUT2D eigenvalue weighted by Gasteiger charge is -2.10. The third-order valence-electron chi connectivity index (χ3n) is 4.56. The molecule has 134 valence electrons. The highest BCUT2D eigenvalue weighted by Crippen LogP contribution is 2.26. The first-order valence-electron chi connectivity index (χ1n) is 8.89. The normalized spacial score (nSPS) is 10.9. The smallest absolute Gasteiger partial charge is 0.244 e. The van der Waals surface area contributed by atoms with Crippen molar-refractivity contribution in [2.24, 2.45) is 0 Å². The quantitative estimate of drug-likeness (QED) is 0.682. The molecule has 3 rings (SSSR count). The molecule has 4 nitrogen and oxygen atoms in total. The summed E-state index contributed by atoms with van der Waals surface area (Å²) in [6.45, 7) is 7.83. The van der Waals surface area contributed by atoms with Gasteiger partial charge in [-0.25, -0.2) is 0 Å². The summed E-state index contributed by atoms with van der Waals surface area (Å²) in [6, 6.07) is 11.9. The van der Waals surface area contributed by atoms with Crippen molar-refractivity contribution in [2.75, 3.05) is 5.32 Å². The van der Waals surface area contributed by atoms with E-state index in [2.05, 4.69) is 18.3 Å². The van der Waals surface area contributed by atoms with E-state index in [-0.39, 0.29) is 18.2 Å². The van der Waals surface area contributed by atoms with Crippen molar-refractivity contribution in [3.05, 3.63) is 64.8 Å². The Hall–Kier alpha value is -2.88. The van der Waals surface area contributed by atoms with Gasteiger partial charge in [-0.05, 0) is 56.0 Å². The number of nitrogens with one attached hydrogen (secondary N) is 1. The molecule has 2 aromatic carbocycles. The van der Waals surface area contributed by atoms with Crippen LogP contribution in [0, 0.1) is 13.8 Å². The van der Waals surface area contributed by atoms with Gasteiger partial charge in [-0.15, -0.1) is 0 Å². The van der Waals surface area contributed by atoms with Crippen LogP contribution in [-0.2, 0) is 17.8 Å². The standard InChI is InChI=1S/C22H24N2O2/c1-5-17-7-6-8-19-20(16(4)25)12-24(22(17)19)13-21(26)23-18-10-14(2)9-15(3)11-18/h6-12H,5,13H2,1-4H3,(H,23,26). The highest BCUT2D eigenvalue weighted by atomic mass is 16.2. The first-order valence-corrected chi connectivity index (χ1v) is 8.89. The Morgan fingerprint density at radius 2 is 1.77 bits per heavy atom. The summed E-state index contributed by atoms with van der Waals surface area (Å²) in [4.78, 5) is 24.6. The summed E-state index contributed by atoms with van der Waals surface area (Å²) >= 11 is 0. The molecule has 1 aromatic heterocycles. The van der Waals surface area contributed by atoms with E-state index < -0.39 is 0 Å². The molecule has 1 amide bonds. The van der Waals surface area contributed by atoms with Gasteiger partial charge in [0.2, 0.25) is 5.91 Å². The summed E-state index contributed by atoms with van der Waals surface area (Å²) in [7, 11) is 0. The minimum Gasteiger partial charge on any atom is -0.337 e. The number of hydrogen-bond donors (Lipinski definition) is 1. The lowest BCUT2D eigenvalue weighted by atomic mass is 10.1. The number of benzene rings is 2. The summed E-state index contributed by atoms with van der Waals surface area (Å²) in [5.74, 6) is -0.0929. The number of hydrogen-bond acceptors (Lipinski definition) is 2. The first kappa shape index (κ1) is 17.9. The molecule has 26 heavy (non-hydrogen) atoms. The van der Waals surface area contributed by atoms with Gasteiger partial charge in [0, 0.05) is 22.8 Å². The second-order valence-corrected chi connectivity index (χ2v) is 6.82. The SMILES string of the molecule is CCc1cccc2c(C(C)=O)cn(CC(=O)Nc3cc(C)cc(C)c3)c12. The molecule has 0 radical (unpaired) electrons. The van der Waals surface area contributed by atoms with E-state index in [1.54, 1.807) is 13.1 Å². The van der Waals surface area contributed by atoms with Gasteiger partial charge in [0.1, 0.15) is 6.54 Å². The second kappa shape index (κ2) is 7.16. The number of carbonyl (C=O) groups excluding carboxylic acids is 2. The molecule has 0 unspecified atom stereocenters. The highest BCUT2D eigenvalue weighted by molar-refractivity contribution is 6.08. The Balaban J connectivity index is 1.95. The third kappa shape index (κ3) is 3.54. The number of aryl methyl sites for hydroxylation is 3. The lowest BCUT2D eigenvalue weighted by molar-refractivity contribution is -0.116. The summed E-state index contributed by atoms with van der Waals surface area (Å²) in [5.41, 5.74) is 5.78. The van der Waals surface area contributed by atoms with Crippen molar-refractivity contribution in [1.29, 1.82) is 0 Å². The number of rotatable bonds is 5. The molecule has 0 aliphatic heterocycles. The van der Waals surface area contributed by atoms with Crippen LogP contribution in [0.2, 0.25) is 0 Å². The molecule has 3 aromatic rings. The molecule has 4 heteroatoms. The van der Waals surface area contributed by atoms with E-state index in [0.717, 1.165) is 39.7 Å². The van der Waals surface area contributed by atoms with Gasteiger partial charge in [-0.2, -0.15) is 0 Å². The Morgan fingerprint density at radius 1 is 1.08 bits per heavy atom. The van der Waals surface area contributed by atoms with E-state index in [9.17, 15) is 9.59 Å². The van der Waals surface area contributed by atoms with Crippen LogP contribution in [0.4, 0.5) is 5.69 Å². The highest BCUT2D eigenvalue weighted by Gasteiger charge is 2.16. The zero-order valence-corrected chi connectivity index (χ0v) is 15.7. The molecule has 0 aliphatic rings. The third-order valence-corrected chi connectivity index (χ3v) is 4.56. The van der Waals surface area contributed by atoms with Crippen molar-refractivity contribution in [1.82, 2.24) is 4.57 Å². The molecule has 0 spiro atoms. The maximum Gasteiger partial charge on any atom is 0.244 e. The van der Waals surface area contributed by atoms with Crippen LogP contribution in [0.1, 0.15) is 40.9 Å². The molecule has 0 saturated carbocycles. The van der Waals surface area contributed by atoms with Crippen molar-refractivity contribution < 1.29 is 9.59 Å². The fourth-order valence-electron chi connectivity index (χ4n) is 3.53. The van der Waals surface area contributed by atoms with Crippen LogP contribution in [0.15, 0.2) is 42.6 Å². The molecule has 0 fully saturated rings. The van der Waals surface area contributed by atoms with Crippen LogP contribution in [0.25, 0.3) is 10.9 Å². The predicted octanol–water partition coefficient (Wildman–Crippen LogP) is 4.66. The van der Waals surface area contributed by atoms with Gasteiger partial charge < -0.3 is 9.88 Å². The Kier molecular flexibility index (Phi) is 4.94. The van der Waals surface area contributed by atoms with Crippen molar-refractivity contribution >= 4 is 28.3 Å². The van der Waals surface area contributed by atoms with Gasteiger partial charge in [0.15, 0.2) is 5.78 Å². The van der Waals surface area contributed by atoms with Gasteiger partial charge in [0.05, 0.1) is 5.52 Å². The van der Waals surface area contributed by atoms with Crippen molar-refractivity contribution in [3.63, 3.8) is 0 Å². The lowest BCUT2D eigenvalue weighted by Crippen LogP contribution is -2.18. The van der Waals surface area contributed by atoms with Crippen molar-refractivity contribution in [3.8, 4) is 0 Å². The minimum absolute atomic E-state index is 0.0109. The Labute approximate surface area is 153 Å². The number of Topliss-reactive ketones (excluding diaryl/α,β-unsaturated/α-hetero) is 1. The van der Waals surface area contributed by atoms with Crippen LogP contribution < -0.4 is 5.32 Å². The van der Waals surface area contributed by atoms with Gasteiger partial charge in [-0.3, -0.25) is 9.59 Å². The molecule has 0 atom stereocenters. The average molecular weight is 348 g/mol. The molecule has 0 aliphatic carbocycles. The topological polar surface area (TPSA) is 51.1 Å². The number of carbonyl (C=O) groups is 2. The van der Waals surface area contributed by atoms with Gasteiger partial charge in [-0.1, -0.05) is 31.2 Å². The number of anilines is 1.